The van der Waals surface area contributed by atoms with Crippen LogP contribution >= 0.6 is 0 Å². The monoisotopic (exact) mass is 587 g/mol. The van der Waals surface area contributed by atoms with Crippen LogP contribution in [0, 0.1) is 0 Å². The molecule has 2 heterocycles. The van der Waals surface area contributed by atoms with Gasteiger partial charge in [-0.15, -0.1) is 0 Å². The Morgan fingerprint density at radius 3 is 1.38 bits per heavy atom. The van der Waals surface area contributed by atoms with Gasteiger partial charge in [-0.2, -0.15) is 0 Å². The maximum Gasteiger partial charge on any atom is 0.494 e. The van der Waals surface area contributed by atoms with Crippen molar-refractivity contribution in [3.63, 3.8) is 0 Å². The van der Waals surface area contributed by atoms with E-state index < -0.39 is 18.3 Å². The number of hydrogen-bond donors (Lipinski definition) is 0. The van der Waals surface area contributed by atoms with E-state index in [1.807, 2.05) is 72.8 Å². The first-order valence-electron chi connectivity index (χ1n) is 15.3. The summed E-state index contributed by atoms with van der Waals surface area (Å²) in [5, 5.41) is 0. The Labute approximate surface area is 265 Å². The maximum atomic E-state index is 6.44. The van der Waals surface area contributed by atoms with Gasteiger partial charge in [-0.25, -0.2) is 15.0 Å². The van der Waals surface area contributed by atoms with Crippen LogP contribution in [0.3, 0.4) is 0 Å². The first-order valence-corrected chi connectivity index (χ1v) is 15.3. The fourth-order valence-electron chi connectivity index (χ4n) is 5.62. The van der Waals surface area contributed by atoms with E-state index in [-0.39, 0.29) is 0 Å². The van der Waals surface area contributed by atoms with E-state index in [2.05, 4.69) is 88.4 Å². The van der Waals surface area contributed by atoms with Gasteiger partial charge in [-0.1, -0.05) is 133 Å². The van der Waals surface area contributed by atoms with Crippen molar-refractivity contribution in [3.8, 4) is 56.4 Å². The molecule has 6 aromatic rings. The van der Waals surface area contributed by atoms with Crippen molar-refractivity contribution in [2.45, 2.75) is 38.9 Å². The highest BCUT2D eigenvalue weighted by Crippen LogP contribution is 2.40. The lowest BCUT2D eigenvalue weighted by atomic mass is 9.76. The average Bonchev–Trinajstić information content (AvgIpc) is 3.31. The summed E-state index contributed by atoms with van der Waals surface area (Å²) in [7, 11) is -0.466. The van der Waals surface area contributed by atoms with Gasteiger partial charge in [0.15, 0.2) is 17.5 Å². The van der Waals surface area contributed by atoms with Crippen LogP contribution in [0.5, 0.6) is 0 Å². The van der Waals surface area contributed by atoms with E-state index >= 15 is 0 Å². The molecule has 220 valence electrons. The molecule has 0 unspecified atom stereocenters. The van der Waals surface area contributed by atoms with Crippen molar-refractivity contribution in [1.82, 2.24) is 15.0 Å². The number of hydrogen-bond acceptors (Lipinski definition) is 5. The molecule has 0 bridgehead atoms. The van der Waals surface area contributed by atoms with Crippen LogP contribution in [-0.2, 0) is 9.31 Å². The third kappa shape index (κ3) is 5.59. The zero-order chi connectivity index (χ0) is 31.0. The van der Waals surface area contributed by atoms with Crippen LogP contribution in [-0.4, -0.2) is 33.3 Å². The molecule has 0 saturated carbocycles. The fourth-order valence-corrected chi connectivity index (χ4v) is 5.62. The van der Waals surface area contributed by atoms with Gasteiger partial charge in [0.1, 0.15) is 0 Å². The van der Waals surface area contributed by atoms with Crippen molar-refractivity contribution in [1.29, 1.82) is 0 Å². The minimum Gasteiger partial charge on any atom is -0.399 e. The normalized spacial score (nSPS) is 15.2. The second-order valence-corrected chi connectivity index (χ2v) is 12.3. The average molecular weight is 588 g/mol. The minimum atomic E-state index is -0.466. The van der Waals surface area contributed by atoms with Gasteiger partial charge in [0.2, 0.25) is 0 Å². The number of aromatic nitrogens is 3. The van der Waals surface area contributed by atoms with Crippen LogP contribution in [0.4, 0.5) is 0 Å². The molecule has 5 nitrogen and oxygen atoms in total. The highest BCUT2D eigenvalue weighted by atomic mass is 16.7. The predicted molar refractivity (Wildman–Crippen MR) is 183 cm³/mol. The Hall–Kier alpha value is -4.91. The van der Waals surface area contributed by atoms with Gasteiger partial charge >= 0.3 is 7.12 Å². The van der Waals surface area contributed by atoms with Gasteiger partial charge in [-0.3, -0.25) is 0 Å². The summed E-state index contributed by atoms with van der Waals surface area (Å²) in [6.45, 7) is 8.32. The molecule has 0 radical (unpaired) electrons. The second-order valence-electron chi connectivity index (χ2n) is 12.3. The topological polar surface area (TPSA) is 57.1 Å². The number of rotatable bonds is 6. The molecular formula is C39H34BN3O2. The van der Waals surface area contributed by atoms with Gasteiger partial charge in [0, 0.05) is 16.7 Å². The van der Waals surface area contributed by atoms with Crippen molar-refractivity contribution < 1.29 is 9.31 Å². The molecule has 0 spiro atoms. The van der Waals surface area contributed by atoms with E-state index in [0.29, 0.717) is 17.5 Å². The second kappa shape index (κ2) is 11.5. The van der Waals surface area contributed by atoms with Gasteiger partial charge in [0.05, 0.1) is 11.2 Å². The highest BCUT2D eigenvalue weighted by Gasteiger charge is 2.51. The summed E-state index contributed by atoms with van der Waals surface area (Å²) in [6.07, 6.45) is 0. The Morgan fingerprint density at radius 1 is 0.422 bits per heavy atom. The summed E-state index contributed by atoms with van der Waals surface area (Å²) in [4.78, 5) is 15.0. The maximum absolute atomic E-state index is 6.44. The number of nitrogens with zero attached hydrogens (tertiary/aromatic N) is 3. The van der Waals surface area contributed by atoms with Crippen molar-refractivity contribution >= 4 is 12.6 Å². The largest absolute Gasteiger partial charge is 0.494 e. The first kappa shape index (κ1) is 28.8. The van der Waals surface area contributed by atoms with Crippen molar-refractivity contribution in [2.24, 2.45) is 0 Å². The zero-order valence-corrected chi connectivity index (χ0v) is 25.9. The molecule has 7 rings (SSSR count). The highest BCUT2D eigenvalue weighted by molar-refractivity contribution is 6.62. The van der Waals surface area contributed by atoms with E-state index in [4.69, 9.17) is 24.3 Å². The minimum absolute atomic E-state index is 0.429. The molecule has 6 heteroatoms. The first-order chi connectivity index (χ1) is 21.8. The lowest BCUT2D eigenvalue weighted by Crippen LogP contribution is -2.41. The summed E-state index contributed by atoms with van der Waals surface area (Å²) in [5.74, 6) is 1.88. The number of benzene rings is 5. The molecule has 1 fully saturated rings. The van der Waals surface area contributed by atoms with Crippen LogP contribution in [0.2, 0.25) is 0 Å². The lowest BCUT2D eigenvalue weighted by Gasteiger charge is -2.32. The van der Waals surface area contributed by atoms with Crippen molar-refractivity contribution in [3.05, 3.63) is 133 Å². The molecule has 0 N–H and O–H groups in total. The van der Waals surface area contributed by atoms with Crippen LogP contribution in [0.1, 0.15) is 27.7 Å². The quantitative estimate of drug-likeness (QED) is 0.183. The third-order valence-corrected chi connectivity index (χ3v) is 8.81. The van der Waals surface area contributed by atoms with Crippen LogP contribution in [0.25, 0.3) is 56.4 Å². The summed E-state index contributed by atoms with van der Waals surface area (Å²) < 4.78 is 12.9. The third-order valence-electron chi connectivity index (χ3n) is 8.81. The van der Waals surface area contributed by atoms with Gasteiger partial charge in [0.25, 0.3) is 0 Å². The zero-order valence-electron chi connectivity index (χ0n) is 25.9. The lowest BCUT2D eigenvalue weighted by molar-refractivity contribution is 0.00578. The molecule has 1 saturated heterocycles. The molecule has 45 heavy (non-hydrogen) atoms. The summed E-state index contributed by atoms with van der Waals surface area (Å²) >= 11 is 0. The fraction of sp³-hybridized carbons (Fsp3) is 0.154. The molecule has 0 amide bonds. The van der Waals surface area contributed by atoms with E-state index in [1.54, 1.807) is 0 Å². The Morgan fingerprint density at radius 2 is 0.844 bits per heavy atom. The van der Waals surface area contributed by atoms with Gasteiger partial charge < -0.3 is 9.31 Å². The van der Waals surface area contributed by atoms with E-state index in [0.717, 1.165) is 44.4 Å². The predicted octanol–water partition coefficient (Wildman–Crippen LogP) is 8.51. The molecule has 1 aromatic heterocycles. The Balaban J connectivity index is 1.40. The van der Waals surface area contributed by atoms with E-state index in [9.17, 15) is 0 Å². The molecular weight excluding hydrogens is 553 g/mol. The smallest absolute Gasteiger partial charge is 0.399 e. The van der Waals surface area contributed by atoms with Gasteiger partial charge in [-0.05, 0) is 55.4 Å². The molecule has 5 aromatic carbocycles. The Bertz CT molecular complexity index is 1890. The Kier molecular flexibility index (Phi) is 7.40. The summed E-state index contributed by atoms with van der Waals surface area (Å²) in [5.41, 5.74) is 7.20. The molecule has 1 aliphatic heterocycles. The van der Waals surface area contributed by atoms with E-state index in [1.165, 1.54) is 0 Å². The SMILES string of the molecule is CC1(C)OB(c2ccc(-c3ccccc3-c3nc(-c4ccccc4)nc(-c4ccccc4)n3)c(-c3ccccc3)c2)OC1(C)C. The summed E-state index contributed by atoms with van der Waals surface area (Å²) in [6, 6.07) is 45.4. The van der Waals surface area contributed by atoms with Crippen LogP contribution < -0.4 is 5.46 Å². The van der Waals surface area contributed by atoms with Crippen molar-refractivity contribution in [2.75, 3.05) is 0 Å². The molecule has 1 aliphatic rings. The standard InChI is InChI=1S/C39H34BN3O2/c1-38(2)39(3,4)45-40(44-38)30-24-25-32(34(26-30)27-16-8-5-9-17-27)31-22-14-15-23-33(31)37-42-35(28-18-10-6-11-19-28)41-36(43-37)29-20-12-7-13-21-29/h5-26H,1-4H3. The van der Waals surface area contributed by atoms with Crippen LogP contribution in [0.15, 0.2) is 133 Å². The molecule has 0 aliphatic carbocycles. The molecule has 0 atom stereocenters.